The Balaban J connectivity index is 1.36. The summed E-state index contributed by atoms with van der Waals surface area (Å²) in [4.78, 5) is 16.6. The van der Waals surface area contributed by atoms with Crippen molar-refractivity contribution in [2.45, 2.75) is 18.6 Å². The van der Waals surface area contributed by atoms with E-state index in [-0.39, 0.29) is 18.2 Å². The molecule has 1 amide bonds. The lowest BCUT2D eigenvalue weighted by molar-refractivity contribution is -0.0200. The van der Waals surface area contributed by atoms with Gasteiger partial charge in [0.05, 0.1) is 19.8 Å². The number of hydrogen-bond donors (Lipinski definition) is 1. The molecule has 0 aliphatic carbocycles. The van der Waals surface area contributed by atoms with Gasteiger partial charge in [0.15, 0.2) is 0 Å². The van der Waals surface area contributed by atoms with E-state index in [1.54, 1.807) is 17.0 Å². The van der Waals surface area contributed by atoms with E-state index in [1.165, 1.54) is 0 Å². The van der Waals surface area contributed by atoms with Gasteiger partial charge in [0.1, 0.15) is 29.6 Å². The predicted octanol–water partition coefficient (Wildman–Crippen LogP) is 2.46. The highest BCUT2D eigenvalue weighted by molar-refractivity contribution is 5.94. The number of aliphatic hydroxyl groups is 1. The van der Waals surface area contributed by atoms with Gasteiger partial charge in [0.25, 0.3) is 5.91 Å². The van der Waals surface area contributed by atoms with E-state index in [0.29, 0.717) is 31.7 Å². The zero-order valence-corrected chi connectivity index (χ0v) is 16.5. The van der Waals surface area contributed by atoms with Crippen LogP contribution in [0.4, 0.5) is 14.5 Å². The number of halogens is 2. The maximum absolute atomic E-state index is 13.3. The minimum Gasteiger partial charge on any atom is -0.487 e. The SMILES string of the molecule is O=C(c1ccc(N2CCOCC2)cc1)N1CC[C@@H](Oc2cc(F)cc(F)c2)[C@H](O)C1. The number of carbonyl (C=O) groups is 1. The first kappa shape index (κ1) is 20.6. The van der Waals surface area contributed by atoms with Crippen LogP contribution in [-0.2, 0) is 4.74 Å². The smallest absolute Gasteiger partial charge is 0.253 e. The summed E-state index contributed by atoms with van der Waals surface area (Å²) in [5, 5.41) is 10.4. The lowest BCUT2D eigenvalue weighted by atomic mass is 10.0. The summed E-state index contributed by atoms with van der Waals surface area (Å²) >= 11 is 0. The number of aliphatic hydroxyl groups excluding tert-OH is 1. The quantitative estimate of drug-likeness (QED) is 0.827. The van der Waals surface area contributed by atoms with E-state index < -0.39 is 23.8 Å². The summed E-state index contributed by atoms with van der Waals surface area (Å²) in [5.74, 6) is -1.63. The van der Waals surface area contributed by atoms with Gasteiger partial charge in [0, 0.05) is 55.5 Å². The molecule has 0 unspecified atom stereocenters. The number of β-amino-alcohol motifs (C(OH)–C–C–N with tert-alkyl or cyclic N) is 1. The van der Waals surface area contributed by atoms with E-state index in [4.69, 9.17) is 9.47 Å². The monoisotopic (exact) mass is 418 g/mol. The highest BCUT2D eigenvalue weighted by Gasteiger charge is 2.32. The summed E-state index contributed by atoms with van der Waals surface area (Å²) in [6.45, 7) is 3.50. The van der Waals surface area contributed by atoms with Crippen molar-refractivity contribution in [3.63, 3.8) is 0 Å². The highest BCUT2D eigenvalue weighted by atomic mass is 19.1. The molecule has 2 aromatic carbocycles. The topological polar surface area (TPSA) is 62.2 Å². The van der Waals surface area contributed by atoms with Gasteiger partial charge in [-0.05, 0) is 24.3 Å². The summed E-state index contributed by atoms with van der Waals surface area (Å²) in [6.07, 6.45) is -1.24. The van der Waals surface area contributed by atoms with Gasteiger partial charge < -0.3 is 24.4 Å². The van der Waals surface area contributed by atoms with Crippen molar-refractivity contribution < 1.29 is 28.2 Å². The Morgan fingerprint density at radius 3 is 2.33 bits per heavy atom. The molecule has 2 aromatic rings. The van der Waals surface area contributed by atoms with E-state index in [2.05, 4.69) is 4.90 Å². The summed E-state index contributed by atoms with van der Waals surface area (Å²) in [7, 11) is 0. The second-order valence-electron chi connectivity index (χ2n) is 7.51. The normalized spacial score (nSPS) is 22.1. The zero-order chi connectivity index (χ0) is 21.1. The molecule has 0 bridgehead atoms. The molecular weight excluding hydrogens is 394 g/mol. The van der Waals surface area contributed by atoms with Gasteiger partial charge in [-0.15, -0.1) is 0 Å². The average Bonchev–Trinajstić information content (AvgIpc) is 2.75. The largest absolute Gasteiger partial charge is 0.487 e. The van der Waals surface area contributed by atoms with Gasteiger partial charge in [-0.1, -0.05) is 0 Å². The Labute approximate surface area is 173 Å². The van der Waals surface area contributed by atoms with Crippen LogP contribution in [0.5, 0.6) is 5.75 Å². The molecule has 6 nitrogen and oxygen atoms in total. The Bertz CT molecular complexity index is 867. The molecule has 0 radical (unpaired) electrons. The molecule has 0 aromatic heterocycles. The van der Waals surface area contributed by atoms with Crippen LogP contribution in [-0.4, -0.2) is 67.5 Å². The van der Waals surface area contributed by atoms with Gasteiger partial charge in [-0.2, -0.15) is 0 Å². The molecule has 1 N–H and O–H groups in total. The van der Waals surface area contributed by atoms with Gasteiger partial charge in [0.2, 0.25) is 0 Å². The molecular formula is C22H24F2N2O4. The second kappa shape index (κ2) is 8.97. The molecule has 30 heavy (non-hydrogen) atoms. The standard InChI is InChI=1S/C22H24F2N2O4/c23-16-11-17(24)13-19(12-16)30-21-5-6-26(14-20(21)27)22(28)15-1-3-18(4-2-15)25-7-9-29-10-8-25/h1-4,11-13,20-21,27H,5-10,14H2/t20-,21-/m1/s1. The first-order valence-electron chi connectivity index (χ1n) is 10.0. The zero-order valence-electron chi connectivity index (χ0n) is 16.5. The number of benzene rings is 2. The molecule has 2 aliphatic heterocycles. The molecule has 0 spiro atoms. The third-order valence-electron chi connectivity index (χ3n) is 5.42. The molecule has 8 heteroatoms. The first-order valence-corrected chi connectivity index (χ1v) is 10.0. The molecule has 2 heterocycles. The average molecular weight is 418 g/mol. The molecule has 4 rings (SSSR count). The number of nitrogens with zero attached hydrogens (tertiary/aromatic N) is 2. The molecule has 0 saturated carbocycles. The van der Waals surface area contributed by atoms with Crippen molar-refractivity contribution in [3.05, 3.63) is 59.7 Å². The van der Waals surface area contributed by atoms with Crippen LogP contribution in [0, 0.1) is 11.6 Å². The van der Waals surface area contributed by atoms with Gasteiger partial charge >= 0.3 is 0 Å². The predicted molar refractivity (Wildman–Crippen MR) is 107 cm³/mol. The molecule has 2 fully saturated rings. The van der Waals surface area contributed by atoms with E-state index in [0.717, 1.165) is 37.0 Å². The van der Waals surface area contributed by atoms with Crippen LogP contribution in [0.15, 0.2) is 42.5 Å². The Morgan fingerprint density at radius 1 is 1.03 bits per heavy atom. The second-order valence-corrected chi connectivity index (χ2v) is 7.51. The van der Waals surface area contributed by atoms with Crippen LogP contribution in [0.2, 0.25) is 0 Å². The number of piperidine rings is 1. The number of anilines is 1. The third kappa shape index (κ3) is 4.71. The van der Waals surface area contributed by atoms with E-state index in [9.17, 15) is 18.7 Å². The number of rotatable bonds is 4. The molecule has 2 aliphatic rings. The third-order valence-corrected chi connectivity index (χ3v) is 5.42. The van der Waals surface area contributed by atoms with Gasteiger partial charge in [-0.25, -0.2) is 8.78 Å². The van der Waals surface area contributed by atoms with Crippen molar-refractivity contribution in [3.8, 4) is 5.75 Å². The van der Waals surface area contributed by atoms with Crippen molar-refractivity contribution >= 4 is 11.6 Å². The molecule has 160 valence electrons. The van der Waals surface area contributed by atoms with Crippen molar-refractivity contribution in [1.29, 1.82) is 0 Å². The number of likely N-dealkylation sites (tertiary alicyclic amines) is 1. The van der Waals surface area contributed by atoms with E-state index >= 15 is 0 Å². The minimum absolute atomic E-state index is 0.0232. The minimum atomic E-state index is -0.957. The summed E-state index contributed by atoms with van der Waals surface area (Å²) in [6, 6.07) is 10.3. The van der Waals surface area contributed by atoms with E-state index in [1.807, 2.05) is 12.1 Å². The van der Waals surface area contributed by atoms with Crippen LogP contribution in [0.3, 0.4) is 0 Å². The highest BCUT2D eigenvalue weighted by Crippen LogP contribution is 2.23. The number of carbonyl (C=O) groups excluding carboxylic acids is 1. The lowest BCUT2D eigenvalue weighted by Gasteiger charge is -2.36. The van der Waals surface area contributed by atoms with Crippen molar-refractivity contribution in [2.75, 3.05) is 44.3 Å². The molecule has 2 saturated heterocycles. The van der Waals surface area contributed by atoms with Crippen molar-refractivity contribution in [2.24, 2.45) is 0 Å². The fraction of sp³-hybridized carbons (Fsp3) is 0.409. The fourth-order valence-electron chi connectivity index (χ4n) is 3.82. The van der Waals surface area contributed by atoms with Gasteiger partial charge in [-0.3, -0.25) is 4.79 Å². The van der Waals surface area contributed by atoms with Crippen LogP contribution < -0.4 is 9.64 Å². The first-order chi connectivity index (χ1) is 14.5. The van der Waals surface area contributed by atoms with Crippen LogP contribution in [0.25, 0.3) is 0 Å². The summed E-state index contributed by atoms with van der Waals surface area (Å²) in [5.41, 5.74) is 1.59. The molecule has 2 atom stereocenters. The summed E-state index contributed by atoms with van der Waals surface area (Å²) < 4.78 is 37.6. The Kier molecular flexibility index (Phi) is 6.15. The lowest BCUT2D eigenvalue weighted by Crippen LogP contribution is -2.51. The number of hydrogen-bond acceptors (Lipinski definition) is 5. The maximum atomic E-state index is 13.3. The number of morpholine rings is 1. The van der Waals surface area contributed by atoms with Crippen LogP contribution in [0.1, 0.15) is 16.8 Å². The Hall–Kier alpha value is -2.71. The van der Waals surface area contributed by atoms with Crippen molar-refractivity contribution in [1.82, 2.24) is 4.90 Å². The number of ether oxygens (including phenoxy) is 2. The number of amides is 1. The Morgan fingerprint density at radius 2 is 1.70 bits per heavy atom. The maximum Gasteiger partial charge on any atom is 0.253 e. The fourth-order valence-corrected chi connectivity index (χ4v) is 3.82. The van der Waals surface area contributed by atoms with Crippen LogP contribution >= 0.6 is 0 Å².